The first-order chi connectivity index (χ1) is 20.9. The minimum absolute atomic E-state index is 0.00360. The third-order valence-corrected chi connectivity index (χ3v) is 9.12. The molecule has 0 amide bonds. The van der Waals surface area contributed by atoms with E-state index < -0.39 is 17.7 Å². The summed E-state index contributed by atoms with van der Waals surface area (Å²) in [5.41, 5.74) is 2.08. The van der Waals surface area contributed by atoms with Gasteiger partial charge in [-0.2, -0.15) is 11.8 Å². The highest BCUT2D eigenvalue weighted by molar-refractivity contribution is 8.00. The second-order valence-electron chi connectivity index (χ2n) is 11.9. The van der Waals surface area contributed by atoms with E-state index in [1.165, 1.54) is 0 Å². The number of thioether (sulfide) groups is 1. The Morgan fingerprint density at radius 1 is 1.11 bits per heavy atom. The molecule has 0 saturated carbocycles. The first kappa shape index (κ1) is 31.6. The molecule has 2 aliphatic heterocycles. The predicted molar refractivity (Wildman–Crippen MR) is 167 cm³/mol. The molecule has 5 rings (SSSR count). The Labute approximate surface area is 260 Å². The van der Waals surface area contributed by atoms with Crippen molar-refractivity contribution >= 4 is 40.8 Å². The molecule has 4 heterocycles. The van der Waals surface area contributed by atoms with E-state index >= 15 is 0 Å². The molecular weight excluding hydrogens is 584 g/mol. The summed E-state index contributed by atoms with van der Waals surface area (Å²) in [4.78, 5) is 57.1. The number of aryl methyl sites for hydroxylation is 1. The smallest absolute Gasteiger partial charge is 0.457 e. The third-order valence-electron chi connectivity index (χ3n) is 7.88. The maximum atomic E-state index is 13.9. The van der Waals surface area contributed by atoms with Crippen LogP contribution in [0.4, 0.5) is 4.79 Å². The average molecular weight is 623 g/mol. The van der Waals surface area contributed by atoms with Crippen LogP contribution in [-0.2, 0) is 49.0 Å². The molecule has 0 unspecified atom stereocenters. The molecule has 3 aromatic rings. The summed E-state index contributed by atoms with van der Waals surface area (Å²) in [5.74, 6) is -0.0385. The van der Waals surface area contributed by atoms with Crippen LogP contribution in [-0.4, -0.2) is 44.8 Å². The number of ether oxygens (including phenoxy) is 4. The number of carbonyl (C=O) groups is 3. The van der Waals surface area contributed by atoms with Gasteiger partial charge in [0.15, 0.2) is 0 Å². The van der Waals surface area contributed by atoms with Crippen molar-refractivity contribution in [2.75, 3.05) is 12.4 Å². The predicted octanol–water partition coefficient (Wildman–Crippen LogP) is 6.04. The maximum absolute atomic E-state index is 13.9. The molecule has 0 saturated heterocycles. The average Bonchev–Trinajstić information content (AvgIpc) is 3.34. The molecule has 44 heavy (non-hydrogen) atoms. The summed E-state index contributed by atoms with van der Waals surface area (Å²) in [6, 6.07) is 7.06. The first-order valence-corrected chi connectivity index (χ1v) is 16.0. The number of nitrogens with zero attached hydrogens (tertiary/aromatic N) is 2. The van der Waals surface area contributed by atoms with Crippen molar-refractivity contribution in [2.45, 2.75) is 90.7 Å². The quantitative estimate of drug-likeness (QED) is 0.124. The zero-order valence-electron chi connectivity index (χ0n) is 26.0. The Bertz CT molecular complexity index is 1710. The second-order valence-corrected chi connectivity index (χ2v) is 13.8. The van der Waals surface area contributed by atoms with Gasteiger partial charge >= 0.3 is 18.1 Å². The zero-order valence-corrected chi connectivity index (χ0v) is 26.9. The van der Waals surface area contributed by atoms with Gasteiger partial charge in [0.1, 0.15) is 19.0 Å². The Balaban J connectivity index is 1.54. The molecule has 1 atom stereocenters. The lowest BCUT2D eigenvalue weighted by molar-refractivity contribution is -0.175. The summed E-state index contributed by atoms with van der Waals surface area (Å²) in [6.07, 6.45) is 0.717. The van der Waals surface area contributed by atoms with E-state index in [1.807, 2.05) is 19.9 Å². The fourth-order valence-corrected chi connectivity index (χ4v) is 6.58. The number of fused-ring (bicyclic) bond motifs is 5. The minimum atomic E-state index is -1.83. The number of rotatable bonds is 9. The Hall–Kier alpha value is -3.86. The lowest BCUT2D eigenvalue weighted by Crippen LogP contribution is -2.47. The molecule has 0 aliphatic carbocycles. The fourth-order valence-electron chi connectivity index (χ4n) is 5.80. The topological polar surface area (TPSA) is 123 Å². The van der Waals surface area contributed by atoms with Crippen LogP contribution in [0.15, 0.2) is 29.1 Å². The molecule has 2 aromatic heterocycles. The van der Waals surface area contributed by atoms with Gasteiger partial charge in [-0.05, 0) is 49.1 Å². The zero-order chi connectivity index (χ0) is 31.8. The molecule has 0 radical (unpaired) electrons. The van der Waals surface area contributed by atoms with Crippen LogP contribution in [0.2, 0.25) is 0 Å². The lowest BCUT2D eigenvalue weighted by Gasteiger charge is -2.35. The monoisotopic (exact) mass is 622 g/mol. The van der Waals surface area contributed by atoms with Gasteiger partial charge in [-0.3, -0.25) is 9.59 Å². The Morgan fingerprint density at radius 3 is 2.57 bits per heavy atom. The van der Waals surface area contributed by atoms with Crippen molar-refractivity contribution in [1.82, 2.24) is 9.55 Å². The first-order valence-electron chi connectivity index (χ1n) is 15.0. The van der Waals surface area contributed by atoms with Gasteiger partial charge in [-0.1, -0.05) is 41.5 Å². The molecule has 2 aliphatic rings. The second kappa shape index (κ2) is 12.3. The number of cyclic esters (lactones) is 1. The molecule has 0 N–H and O–H groups in total. The molecule has 10 nitrogen and oxygen atoms in total. The van der Waals surface area contributed by atoms with E-state index in [-0.39, 0.29) is 48.0 Å². The third kappa shape index (κ3) is 5.81. The largest absolute Gasteiger partial charge is 0.509 e. The van der Waals surface area contributed by atoms with Crippen LogP contribution in [0.25, 0.3) is 22.3 Å². The van der Waals surface area contributed by atoms with Crippen molar-refractivity contribution in [3.05, 3.63) is 56.9 Å². The van der Waals surface area contributed by atoms with Gasteiger partial charge < -0.3 is 23.5 Å². The van der Waals surface area contributed by atoms with E-state index in [0.29, 0.717) is 53.2 Å². The standard InChI is InChI=1S/C33H38N2O8S/c1-7-10-27(36)42-19-11-12-25-21(15-19)20(8-2)22-17-35-26(28(22)34-25)16-24-23(29(35)37)18-41-30(38)33(24,9-3)43-31(39)40-13-14-44-32(4,5)6/h11-12,15-16H,7-10,13-14,17-18H2,1-6H3/t33-/m0/s1. The Morgan fingerprint density at radius 2 is 1.89 bits per heavy atom. The number of aromatic nitrogens is 2. The van der Waals surface area contributed by atoms with Crippen molar-refractivity contribution in [3.63, 3.8) is 0 Å². The van der Waals surface area contributed by atoms with Crippen LogP contribution < -0.4 is 10.3 Å². The molecule has 11 heteroatoms. The number of hydrogen-bond acceptors (Lipinski definition) is 10. The van der Waals surface area contributed by atoms with Crippen LogP contribution >= 0.6 is 11.8 Å². The van der Waals surface area contributed by atoms with Crippen LogP contribution in [0, 0.1) is 0 Å². The fraction of sp³-hybridized carbons (Fsp3) is 0.485. The van der Waals surface area contributed by atoms with Crippen molar-refractivity contribution in [1.29, 1.82) is 0 Å². The summed E-state index contributed by atoms with van der Waals surface area (Å²) in [6.45, 7) is 12.0. The highest BCUT2D eigenvalue weighted by Gasteiger charge is 2.51. The summed E-state index contributed by atoms with van der Waals surface area (Å²) < 4.78 is 23.6. The van der Waals surface area contributed by atoms with Gasteiger partial charge in [0, 0.05) is 33.4 Å². The van der Waals surface area contributed by atoms with E-state index in [0.717, 1.165) is 16.5 Å². The molecular formula is C33H38N2O8S. The molecule has 0 fully saturated rings. The van der Waals surface area contributed by atoms with E-state index in [9.17, 15) is 19.2 Å². The van der Waals surface area contributed by atoms with Crippen LogP contribution in [0.3, 0.4) is 0 Å². The van der Waals surface area contributed by atoms with Gasteiger partial charge in [0.25, 0.3) is 5.56 Å². The maximum Gasteiger partial charge on any atom is 0.509 e. The Kier molecular flexibility index (Phi) is 8.80. The minimum Gasteiger partial charge on any atom is -0.457 e. The molecule has 234 valence electrons. The number of hydrogen-bond donors (Lipinski definition) is 0. The van der Waals surface area contributed by atoms with Gasteiger partial charge in [0.2, 0.25) is 5.60 Å². The van der Waals surface area contributed by atoms with E-state index in [1.54, 1.807) is 41.5 Å². The summed E-state index contributed by atoms with van der Waals surface area (Å²) >= 11 is 1.64. The van der Waals surface area contributed by atoms with E-state index in [2.05, 4.69) is 20.8 Å². The number of pyridine rings is 2. The SMILES string of the molecule is CCCC(=O)Oc1ccc2nc3c(c(CC)c2c1)Cn1c-3cc2c(c1=O)COC(=O)[C@@]2(CC)OC(=O)OCCSC(C)(C)C. The van der Waals surface area contributed by atoms with Gasteiger partial charge in [-0.25, -0.2) is 14.6 Å². The summed E-state index contributed by atoms with van der Waals surface area (Å²) in [5, 5.41) is 0.843. The molecule has 1 aromatic carbocycles. The van der Waals surface area contributed by atoms with Crippen molar-refractivity contribution in [3.8, 4) is 17.1 Å². The lowest BCUT2D eigenvalue weighted by atomic mass is 9.85. The highest BCUT2D eigenvalue weighted by Crippen LogP contribution is 2.42. The van der Waals surface area contributed by atoms with Gasteiger partial charge in [-0.15, -0.1) is 0 Å². The van der Waals surface area contributed by atoms with Gasteiger partial charge in [0.05, 0.1) is 29.0 Å². The van der Waals surface area contributed by atoms with Crippen LogP contribution in [0.1, 0.15) is 83.1 Å². The van der Waals surface area contributed by atoms with Crippen LogP contribution in [0.5, 0.6) is 5.75 Å². The van der Waals surface area contributed by atoms with Crippen molar-refractivity contribution < 1.29 is 33.3 Å². The molecule has 0 bridgehead atoms. The normalized spacial score (nSPS) is 17.0. The molecule has 0 spiro atoms. The summed E-state index contributed by atoms with van der Waals surface area (Å²) in [7, 11) is 0. The number of benzene rings is 1. The van der Waals surface area contributed by atoms with E-state index in [4.69, 9.17) is 23.9 Å². The number of esters is 2. The highest BCUT2D eigenvalue weighted by atomic mass is 32.2. The van der Waals surface area contributed by atoms with Crippen molar-refractivity contribution in [2.24, 2.45) is 0 Å². The number of carbonyl (C=O) groups excluding carboxylic acids is 3.